The Morgan fingerprint density at radius 1 is 0.571 bits per heavy atom. The highest BCUT2D eigenvalue weighted by Gasteiger charge is 2.34. The summed E-state index contributed by atoms with van der Waals surface area (Å²) >= 11 is 0. The first-order chi connectivity index (χ1) is 6.41. The predicted molar refractivity (Wildman–Crippen MR) is 67.3 cm³/mol. The summed E-state index contributed by atoms with van der Waals surface area (Å²) in [6.45, 7) is 14.0. The zero-order valence-corrected chi connectivity index (χ0v) is 11.1. The van der Waals surface area contributed by atoms with Gasteiger partial charge in [-0.15, -0.1) is 0 Å². The molecule has 0 saturated carbocycles. The summed E-state index contributed by atoms with van der Waals surface area (Å²) in [5, 5.41) is 0. The van der Waals surface area contributed by atoms with Crippen LogP contribution in [0.1, 0.15) is 53.4 Å². The molecular formula is C13H31N. The van der Waals surface area contributed by atoms with E-state index in [-0.39, 0.29) is 7.43 Å². The molecule has 0 aromatic rings. The van der Waals surface area contributed by atoms with Crippen molar-refractivity contribution in [3.8, 4) is 0 Å². The summed E-state index contributed by atoms with van der Waals surface area (Å²) in [5.74, 6) is 0. The second kappa shape index (κ2) is 9.51. The van der Waals surface area contributed by atoms with Crippen LogP contribution in [0.4, 0.5) is 0 Å². The highest BCUT2D eigenvalue weighted by atomic mass is 15.4. The Hall–Kier alpha value is -0.0400. The summed E-state index contributed by atoms with van der Waals surface area (Å²) in [4.78, 5) is 0. The molecular weight excluding hydrogens is 170 g/mol. The molecule has 88 valence electrons. The molecule has 2 aliphatic heterocycles. The van der Waals surface area contributed by atoms with E-state index in [1.807, 2.05) is 27.7 Å². The average Bonchev–Trinajstić information content (AvgIpc) is 2.87. The van der Waals surface area contributed by atoms with E-state index in [4.69, 9.17) is 0 Å². The Balaban J connectivity index is 0. The van der Waals surface area contributed by atoms with Crippen molar-refractivity contribution in [2.24, 2.45) is 0 Å². The average molecular weight is 201 g/mol. The Morgan fingerprint density at radius 2 is 0.786 bits per heavy atom. The second-order valence-electron chi connectivity index (χ2n) is 3.65. The molecule has 0 unspecified atom stereocenters. The Morgan fingerprint density at radius 3 is 1.00 bits per heavy atom. The van der Waals surface area contributed by atoms with Gasteiger partial charge in [-0.2, -0.15) is 0 Å². The van der Waals surface area contributed by atoms with Gasteiger partial charge < -0.3 is 11.9 Å². The topological polar surface area (TPSA) is 0 Å². The first kappa shape index (κ1) is 16.4. The van der Waals surface area contributed by atoms with E-state index in [1.54, 1.807) is 0 Å². The largest absolute Gasteiger partial charge is 0.358 e. The van der Waals surface area contributed by atoms with Gasteiger partial charge in [0.1, 0.15) is 0 Å². The van der Waals surface area contributed by atoms with Gasteiger partial charge in [-0.25, -0.2) is 0 Å². The Kier molecular flexibility index (Phi) is 11.1. The lowest BCUT2D eigenvalue weighted by Gasteiger charge is -2.27. The maximum Gasteiger partial charge on any atom is 0.0788 e. The van der Waals surface area contributed by atoms with Crippen molar-refractivity contribution >= 4 is 0 Å². The molecule has 0 bridgehead atoms. The summed E-state index contributed by atoms with van der Waals surface area (Å²) in [6, 6.07) is 0. The third kappa shape index (κ3) is 4.45. The summed E-state index contributed by atoms with van der Waals surface area (Å²) in [6.07, 6.45) is 6.00. The molecule has 2 heterocycles. The minimum absolute atomic E-state index is 0. The Labute approximate surface area is 92.1 Å². The molecule has 0 radical (unpaired) electrons. The van der Waals surface area contributed by atoms with Crippen molar-refractivity contribution in [1.82, 2.24) is 0 Å². The lowest BCUT2D eigenvalue weighted by molar-refractivity contribution is -0.904. The number of quaternary nitrogens is 1. The number of nitrogens with zero attached hydrogens (tertiary/aromatic N) is 1. The summed E-state index contributed by atoms with van der Waals surface area (Å²) in [7, 11) is 0. The van der Waals surface area contributed by atoms with E-state index >= 15 is 0 Å². The van der Waals surface area contributed by atoms with Gasteiger partial charge >= 0.3 is 0 Å². The van der Waals surface area contributed by atoms with Gasteiger partial charge in [0, 0.05) is 25.7 Å². The van der Waals surface area contributed by atoms with Gasteiger partial charge in [0.05, 0.1) is 26.2 Å². The summed E-state index contributed by atoms with van der Waals surface area (Å²) in [5.41, 5.74) is 0. The van der Waals surface area contributed by atoms with Crippen molar-refractivity contribution in [2.75, 3.05) is 26.2 Å². The second-order valence-corrected chi connectivity index (χ2v) is 3.65. The fraction of sp³-hybridized carbons (Fsp3) is 0.923. The number of hydrogen-bond acceptors (Lipinski definition) is 0. The fourth-order valence-corrected chi connectivity index (χ4v) is 2.46. The molecule has 2 fully saturated rings. The quantitative estimate of drug-likeness (QED) is 0.412. The molecule has 1 heteroatoms. The maximum absolute atomic E-state index is 2.00. The van der Waals surface area contributed by atoms with Crippen molar-refractivity contribution in [3.05, 3.63) is 7.43 Å². The van der Waals surface area contributed by atoms with Crippen LogP contribution < -0.4 is 0 Å². The monoisotopic (exact) mass is 201 g/mol. The van der Waals surface area contributed by atoms with Crippen LogP contribution in [-0.4, -0.2) is 30.7 Å². The highest BCUT2D eigenvalue weighted by Crippen LogP contribution is 2.25. The molecule has 14 heavy (non-hydrogen) atoms. The van der Waals surface area contributed by atoms with Crippen molar-refractivity contribution in [1.29, 1.82) is 0 Å². The van der Waals surface area contributed by atoms with Crippen LogP contribution in [0.2, 0.25) is 0 Å². The molecule has 0 amide bonds. The minimum Gasteiger partial charge on any atom is -0.358 e. The van der Waals surface area contributed by atoms with E-state index in [0.29, 0.717) is 0 Å². The maximum atomic E-state index is 2.00. The zero-order chi connectivity index (χ0) is 10.2. The van der Waals surface area contributed by atoms with Crippen molar-refractivity contribution in [2.45, 2.75) is 53.4 Å². The third-order valence-electron chi connectivity index (χ3n) is 3.03. The van der Waals surface area contributed by atoms with Crippen LogP contribution in [0.5, 0.6) is 0 Å². The van der Waals surface area contributed by atoms with Crippen LogP contribution in [0.25, 0.3) is 0 Å². The van der Waals surface area contributed by atoms with Crippen LogP contribution in [-0.2, 0) is 0 Å². The fourth-order valence-electron chi connectivity index (χ4n) is 2.46. The highest BCUT2D eigenvalue weighted by molar-refractivity contribution is 4.60. The van der Waals surface area contributed by atoms with E-state index in [9.17, 15) is 0 Å². The minimum atomic E-state index is 0. The van der Waals surface area contributed by atoms with E-state index in [0.717, 1.165) is 0 Å². The number of rotatable bonds is 0. The van der Waals surface area contributed by atoms with Gasteiger partial charge in [0.2, 0.25) is 0 Å². The third-order valence-corrected chi connectivity index (χ3v) is 3.03. The molecule has 0 atom stereocenters. The summed E-state index contributed by atoms with van der Waals surface area (Å²) < 4.78 is 1.50. The van der Waals surface area contributed by atoms with Gasteiger partial charge in [0.15, 0.2) is 0 Å². The van der Waals surface area contributed by atoms with Crippen molar-refractivity contribution < 1.29 is 4.48 Å². The first-order valence-corrected chi connectivity index (χ1v) is 6.26. The van der Waals surface area contributed by atoms with Gasteiger partial charge in [0.25, 0.3) is 0 Å². The molecule has 0 aromatic heterocycles. The lowest BCUT2D eigenvalue weighted by Crippen LogP contribution is -2.41. The first-order valence-electron chi connectivity index (χ1n) is 6.26. The van der Waals surface area contributed by atoms with E-state index < -0.39 is 0 Å². The predicted octanol–water partition coefficient (Wildman–Crippen LogP) is 3.89. The molecule has 1 spiro atoms. The smallest absolute Gasteiger partial charge is 0.0788 e. The molecule has 0 aromatic carbocycles. The lowest BCUT2D eigenvalue weighted by atomic mass is 10.4. The molecule has 2 saturated heterocycles. The molecule has 1 nitrogen and oxygen atoms in total. The van der Waals surface area contributed by atoms with Gasteiger partial charge in [-0.3, -0.25) is 0 Å². The van der Waals surface area contributed by atoms with Crippen molar-refractivity contribution in [3.63, 3.8) is 0 Å². The van der Waals surface area contributed by atoms with Gasteiger partial charge in [-0.1, -0.05) is 27.7 Å². The van der Waals surface area contributed by atoms with Crippen LogP contribution in [0, 0.1) is 7.43 Å². The normalized spacial score (nSPS) is 21.4. The molecule has 2 rings (SSSR count). The van der Waals surface area contributed by atoms with E-state index in [1.165, 1.54) is 56.3 Å². The molecule has 2 aliphatic rings. The SMILES string of the molecule is C1CC[N+]2(C1)CCCC2.CC.CC.[CH3-]. The Bertz CT molecular complexity index is 80.3. The molecule has 0 N–H and O–H groups in total. The number of hydrogen-bond donors (Lipinski definition) is 0. The molecule has 0 aliphatic carbocycles. The van der Waals surface area contributed by atoms with Crippen LogP contribution >= 0.6 is 0 Å². The van der Waals surface area contributed by atoms with Gasteiger partial charge in [-0.05, 0) is 0 Å². The van der Waals surface area contributed by atoms with Crippen LogP contribution in [0.15, 0.2) is 0 Å². The van der Waals surface area contributed by atoms with E-state index in [2.05, 4.69) is 0 Å². The zero-order valence-electron chi connectivity index (χ0n) is 11.1. The standard InChI is InChI=1S/C8H16N.2C2H6.CH3/c1-2-6-9(5-1)7-3-4-8-9;2*1-2;/h1-8H2;2*1-2H3;1H3/q+1;;;-1. The van der Waals surface area contributed by atoms with Crippen LogP contribution in [0.3, 0.4) is 0 Å².